The molecule has 0 saturated carbocycles. The summed E-state index contributed by atoms with van der Waals surface area (Å²) in [5.41, 5.74) is 1.29. The number of carbonyl (C=O) groups is 1. The molecule has 164 valence electrons. The molecule has 0 aliphatic heterocycles. The minimum atomic E-state index is -0.793. The second-order valence-electron chi connectivity index (χ2n) is 7.85. The number of amides is 1. The highest BCUT2D eigenvalue weighted by molar-refractivity contribution is 7.18. The Morgan fingerprint density at radius 3 is 2.87 bits per heavy atom. The van der Waals surface area contributed by atoms with E-state index in [1.807, 2.05) is 6.92 Å². The molecule has 2 atom stereocenters. The van der Waals surface area contributed by atoms with Crippen molar-refractivity contribution in [2.45, 2.75) is 45.6 Å². The van der Waals surface area contributed by atoms with E-state index in [2.05, 4.69) is 22.6 Å². The maximum atomic E-state index is 13.4. The van der Waals surface area contributed by atoms with Crippen molar-refractivity contribution in [3.05, 3.63) is 39.0 Å². The van der Waals surface area contributed by atoms with Crippen LogP contribution < -0.4 is 20.3 Å². The lowest BCUT2D eigenvalue weighted by molar-refractivity contribution is -0.119. The van der Waals surface area contributed by atoms with Crippen LogP contribution in [0, 0.1) is 5.92 Å². The van der Waals surface area contributed by atoms with Crippen molar-refractivity contribution >= 4 is 33.1 Å². The predicted octanol–water partition coefficient (Wildman–Crippen LogP) is 3.58. The Hall–Kier alpha value is -2.94. The van der Waals surface area contributed by atoms with Gasteiger partial charge in [-0.25, -0.2) is 0 Å². The van der Waals surface area contributed by atoms with Crippen LogP contribution in [0.3, 0.4) is 0 Å². The topological polar surface area (TPSA) is 95.3 Å². The van der Waals surface area contributed by atoms with Gasteiger partial charge in [-0.2, -0.15) is 4.68 Å². The third-order valence-corrected chi connectivity index (χ3v) is 6.93. The molecule has 9 heteroatoms. The average molecular weight is 443 g/mol. The van der Waals surface area contributed by atoms with Crippen LogP contribution in [0.25, 0.3) is 10.2 Å². The number of nitrogens with zero attached hydrogens (tertiary/aromatic N) is 3. The van der Waals surface area contributed by atoms with Crippen LogP contribution in [0.15, 0.2) is 23.0 Å². The first kappa shape index (κ1) is 21.3. The number of nitrogens with one attached hydrogen (secondary N) is 1. The fourth-order valence-corrected chi connectivity index (χ4v) is 5.39. The minimum absolute atomic E-state index is 0.253. The molecule has 2 aromatic heterocycles. The lowest BCUT2D eigenvalue weighted by Crippen LogP contribution is -2.35. The van der Waals surface area contributed by atoms with Crippen molar-refractivity contribution in [1.82, 2.24) is 15.0 Å². The Morgan fingerprint density at radius 2 is 2.16 bits per heavy atom. The monoisotopic (exact) mass is 442 g/mol. The molecule has 0 radical (unpaired) electrons. The van der Waals surface area contributed by atoms with Gasteiger partial charge in [0, 0.05) is 10.9 Å². The zero-order chi connectivity index (χ0) is 22.1. The summed E-state index contributed by atoms with van der Waals surface area (Å²) in [7, 11) is 3.08. The number of hydrogen-bond acceptors (Lipinski definition) is 7. The molecular formula is C22H26N4O4S. The van der Waals surface area contributed by atoms with Crippen LogP contribution in [0.1, 0.15) is 43.2 Å². The van der Waals surface area contributed by atoms with Crippen molar-refractivity contribution in [1.29, 1.82) is 0 Å². The highest BCUT2D eigenvalue weighted by atomic mass is 32.1. The summed E-state index contributed by atoms with van der Waals surface area (Å²) in [6, 6.07) is 4.35. The Labute approximate surface area is 184 Å². The molecule has 0 spiro atoms. The molecular weight excluding hydrogens is 416 g/mol. The van der Waals surface area contributed by atoms with E-state index < -0.39 is 6.04 Å². The van der Waals surface area contributed by atoms with E-state index in [1.165, 1.54) is 16.7 Å². The second-order valence-corrected chi connectivity index (χ2v) is 8.93. The van der Waals surface area contributed by atoms with Crippen molar-refractivity contribution in [2.75, 3.05) is 19.5 Å². The van der Waals surface area contributed by atoms with Gasteiger partial charge in [-0.3, -0.25) is 9.59 Å². The Bertz CT molecular complexity index is 1190. The molecule has 1 N–H and O–H groups in total. The number of aryl methyl sites for hydroxylation is 1. The average Bonchev–Trinajstić information content (AvgIpc) is 3.13. The molecule has 2 heterocycles. The number of thiophene rings is 1. The Morgan fingerprint density at radius 1 is 1.35 bits per heavy atom. The molecule has 0 bridgehead atoms. The van der Waals surface area contributed by atoms with E-state index in [4.69, 9.17) is 9.47 Å². The first-order valence-electron chi connectivity index (χ1n) is 10.4. The number of fused-ring (bicyclic) bond motifs is 3. The molecule has 3 aromatic rings. The third kappa shape index (κ3) is 3.89. The SMILES string of the molecule is CCC(C(=O)Nc1cc(OC)ccc1OC)n1nnc2sc3c(c2c1=O)CCC(C)C3. The summed E-state index contributed by atoms with van der Waals surface area (Å²) in [5, 5.41) is 11.9. The number of carbonyl (C=O) groups excluding carboxylic acids is 1. The summed E-state index contributed by atoms with van der Waals surface area (Å²) in [5.74, 6) is 1.32. The van der Waals surface area contributed by atoms with Crippen LogP contribution in [0.2, 0.25) is 0 Å². The summed E-state index contributed by atoms with van der Waals surface area (Å²) >= 11 is 1.55. The lowest BCUT2D eigenvalue weighted by atomic mass is 9.89. The number of hydrogen-bond donors (Lipinski definition) is 1. The van der Waals surface area contributed by atoms with E-state index >= 15 is 0 Å². The smallest absolute Gasteiger partial charge is 0.279 e. The molecule has 1 aliphatic rings. The van der Waals surface area contributed by atoms with Gasteiger partial charge in [-0.1, -0.05) is 19.1 Å². The van der Waals surface area contributed by atoms with Gasteiger partial charge in [-0.15, -0.1) is 16.4 Å². The maximum Gasteiger partial charge on any atom is 0.279 e. The zero-order valence-electron chi connectivity index (χ0n) is 18.1. The number of benzene rings is 1. The Kier molecular flexibility index (Phi) is 5.95. The van der Waals surface area contributed by atoms with Gasteiger partial charge < -0.3 is 14.8 Å². The fourth-order valence-electron chi connectivity index (χ4n) is 4.07. The van der Waals surface area contributed by atoms with E-state index in [9.17, 15) is 9.59 Å². The number of aromatic nitrogens is 3. The zero-order valence-corrected chi connectivity index (χ0v) is 18.9. The summed E-state index contributed by atoms with van der Waals surface area (Å²) in [4.78, 5) is 28.4. The van der Waals surface area contributed by atoms with E-state index in [0.29, 0.717) is 39.7 Å². The molecule has 4 rings (SSSR count). The molecule has 1 aliphatic carbocycles. The van der Waals surface area contributed by atoms with Gasteiger partial charge in [0.15, 0.2) is 4.83 Å². The third-order valence-electron chi connectivity index (χ3n) is 5.80. The fraction of sp³-hybridized carbons (Fsp3) is 0.455. The van der Waals surface area contributed by atoms with Gasteiger partial charge >= 0.3 is 0 Å². The van der Waals surface area contributed by atoms with Crippen molar-refractivity contribution in [3.63, 3.8) is 0 Å². The molecule has 1 aromatic carbocycles. The molecule has 1 amide bonds. The number of methoxy groups -OCH3 is 2. The highest BCUT2D eigenvalue weighted by Gasteiger charge is 2.27. The molecule has 0 fully saturated rings. The quantitative estimate of drug-likeness (QED) is 0.627. The van der Waals surface area contributed by atoms with Crippen molar-refractivity contribution < 1.29 is 14.3 Å². The second kappa shape index (κ2) is 8.66. The first-order chi connectivity index (χ1) is 15.0. The van der Waals surface area contributed by atoms with E-state index in [-0.39, 0.29) is 11.5 Å². The number of anilines is 1. The van der Waals surface area contributed by atoms with E-state index in [1.54, 1.807) is 36.6 Å². The molecule has 0 saturated heterocycles. The van der Waals surface area contributed by atoms with Gasteiger partial charge in [0.2, 0.25) is 5.91 Å². The molecule has 8 nitrogen and oxygen atoms in total. The van der Waals surface area contributed by atoms with Crippen LogP contribution in [-0.2, 0) is 17.6 Å². The summed E-state index contributed by atoms with van der Waals surface area (Å²) in [6.07, 6.45) is 3.26. The van der Waals surface area contributed by atoms with Crippen LogP contribution in [0.5, 0.6) is 11.5 Å². The maximum absolute atomic E-state index is 13.4. The number of ether oxygens (including phenoxy) is 2. The van der Waals surface area contributed by atoms with Crippen LogP contribution >= 0.6 is 11.3 Å². The molecule has 2 unspecified atom stereocenters. The first-order valence-corrected chi connectivity index (χ1v) is 11.2. The van der Waals surface area contributed by atoms with Crippen LogP contribution in [0.4, 0.5) is 5.69 Å². The van der Waals surface area contributed by atoms with Gasteiger partial charge in [0.25, 0.3) is 5.56 Å². The van der Waals surface area contributed by atoms with Crippen LogP contribution in [-0.4, -0.2) is 35.1 Å². The van der Waals surface area contributed by atoms with Gasteiger partial charge in [-0.05, 0) is 49.3 Å². The summed E-state index contributed by atoms with van der Waals surface area (Å²) < 4.78 is 11.8. The molecule has 31 heavy (non-hydrogen) atoms. The highest BCUT2D eigenvalue weighted by Crippen LogP contribution is 2.35. The summed E-state index contributed by atoms with van der Waals surface area (Å²) in [6.45, 7) is 4.07. The number of rotatable bonds is 6. The largest absolute Gasteiger partial charge is 0.497 e. The predicted molar refractivity (Wildman–Crippen MR) is 120 cm³/mol. The van der Waals surface area contributed by atoms with Crippen molar-refractivity contribution in [3.8, 4) is 11.5 Å². The van der Waals surface area contributed by atoms with Gasteiger partial charge in [0.1, 0.15) is 17.5 Å². The van der Waals surface area contributed by atoms with E-state index in [0.717, 1.165) is 24.8 Å². The minimum Gasteiger partial charge on any atom is -0.497 e. The normalized spacial score (nSPS) is 16.6. The van der Waals surface area contributed by atoms with Gasteiger partial charge in [0.05, 0.1) is 25.3 Å². The standard InChI is InChI=1S/C22H26N4O4S/c1-5-16(20(27)23-15-11-13(29-3)7-9-17(15)30-4)26-22(28)19-14-8-6-12(2)10-18(14)31-21(19)24-25-26/h7,9,11-12,16H,5-6,8,10H2,1-4H3,(H,23,27). The Balaban J connectivity index is 1.70. The van der Waals surface area contributed by atoms with Crippen molar-refractivity contribution in [2.24, 2.45) is 5.92 Å². The lowest BCUT2D eigenvalue weighted by Gasteiger charge is -2.19.